The van der Waals surface area contributed by atoms with E-state index >= 15 is 0 Å². The van der Waals surface area contributed by atoms with Crippen molar-refractivity contribution in [2.45, 2.75) is 66.8 Å². The Labute approximate surface area is 124 Å². The third-order valence-electron chi connectivity index (χ3n) is 4.65. The summed E-state index contributed by atoms with van der Waals surface area (Å²) in [5.74, 6) is -0.213. The molecule has 0 heterocycles. The maximum absolute atomic E-state index is 11.6. The summed E-state index contributed by atoms with van der Waals surface area (Å²) in [6, 6.07) is 0.171. The second kappa shape index (κ2) is 6.05. The van der Waals surface area contributed by atoms with Crippen LogP contribution < -0.4 is 0 Å². The van der Waals surface area contributed by atoms with E-state index in [-0.39, 0.29) is 22.8 Å². The van der Waals surface area contributed by atoms with Crippen molar-refractivity contribution in [3.8, 4) is 0 Å². The van der Waals surface area contributed by atoms with Crippen molar-refractivity contribution in [2.24, 2.45) is 22.7 Å². The fourth-order valence-electron chi connectivity index (χ4n) is 3.57. The summed E-state index contributed by atoms with van der Waals surface area (Å²) in [5, 5.41) is 9.52. The quantitative estimate of drug-likeness (QED) is 0.854. The largest absolute Gasteiger partial charge is 0.481 e. The molecule has 0 aromatic carbocycles. The molecule has 0 aliphatic heterocycles. The van der Waals surface area contributed by atoms with Crippen LogP contribution in [0, 0.1) is 22.7 Å². The second-order valence-corrected chi connectivity index (χ2v) is 8.86. The molecule has 0 spiro atoms. The van der Waals surface area contributed by atoms with E-state index in [1.807, 2.05) is 0 Å². The molecule has 3 unspecified atom stereocenters. The van der Waals surface area contributed by atoms with E-state index in [1.165, 1.54) is 0 Å². The minimum atomic E-state index is -0.622. The molecule has 20 heavy (non-hydrogen) atoms. The lowest BCUT2D eigenvalue weighted by atomic mass is 9.67. The van der Waals surface area contributed by atoms with E-state index in [4.69, 9.17) is 0 Å². The minimum Gasteiger partial charge on any atom is -0.481 e. The Bertz CT molecular complexity index is 338. The van der Waals surface area contributed by atoms with Crippen LogP contribution >= 0.6 is 0 Å². The van der Waals surface area contributed by atoms with Crippen LogP contribution in [0.15, 0.2) is 0 Å². The lowest BCUT2D eigenvalue weighted by Crippen LogP contribution is -2.49. The molecule has 3 nitrogen and oxygen atoms in total. The van der Waals surface area contributed by atoms with Crippen molar-refractivity contribution in [2.75, 3.05) is 13.6 Å². The summed E-state index contributed by atoms with van der Waals surface area (Å²) < 4.78 is 0. The maximum atomic E-state index is 11.6. The number of carbonyl (C=O) groups is 1. The maximum Gasteiger partial charge on any atom is 0.308 e. The van der Waals surface area contributed by atoms with Crippen LogP contribution in [0.4, 0.5) is 0 Å². The Morgan fingerprint density at radius 3 is 2.10 bits per heavy atom. The van der Waals surface area contributed by atoms with Gasteiger partial charge in [-0.1, -0.05) is 41.5 Å². The smallest absolute Gasteiger partial charge is 0.308 e. The molecule has 0 radical (unpaired) electrons. The van der Waals surface area contributed by atoms with Crippen LogP contribution in [0.3, 0.4) is 0 Å². The Kier molecular flexibility index (Phi) is 5.29. The molecule has 1 aliphatic rings. The molecule has 1 fully saturated rings. The van der Waals surface area contributed by atoms with Crippen LogP contribution in [-0.2, 0) is 4.79 Å². The molecule has 0 aromatic rings. The van der Waals surface area contributed by atoms with Gasteiger partial charge in [-0.05, 0) is 43.1 Å². The van der Waals surface area contributed by atoms with Gasteiger partial charge in [0.1, 0.15) is 0 Å². The number of carboxylic acids is 1. The van der Waals surface area contributed by atoms with Crippen LogP contribution in [0.5, 0.6) is 0 Å². The molecule has 1 N–H and O–H groups in total. The molecule has 118 valence electrons. The first-order chi connectivity index (χ1) is 8.92. The van der Waals surface area contributed by atoms with E-state index in [1.54, 1.807) is 0 Å². The highest BCUT2D eigenvalue weighted by molar-refractivity contribution is 5.71. The molecule has 1 aliphatic carbocycles. The lowest BCUT2D eigenvalue weighted by Gasteiger charge is -2.45. The summed E-state index contributed by atoms with van der Waals surface area (Å²) in [7, 11) is 2.09. The van der Waals surface area contributed by atoms with Gasteiger partial charge in [0.25, 0.3) is 0 Å². The predicted octanol–water partition coefficient (Wildman–Crippen LogP) is 3.88. The molecule has 3 atom stereocenters. The second-order valence-electron chi connectivity index (χ2n) is 8.86. The number of carboxylic acid groups (broad SMARTS) is 1. The van der Waals surface area contributed by atoms with Crippen molar-refractivity contribution in [3.63, 3.8) is 0 Å². The molecular weight excluding hydrogens is 250 g/mol. The van der Waals surface area contributed by atoms with Gasteiger partial charge in [-0.3, -0.25) is 4.79 Å². The van der Waals surface area contributed by atoms with Crippen molar-refractivity contribution in [1.29, 1.82) is 0 Å². The summed E-state index contributed by atoms with van der Waals surface area (Å²) in [6.07, 6.45) is 2.86. The number of rotatable bonds is 3. The lowest BCUT2D eigenvalue weighted by molar-refractivity contribution is -0.147. The molecule has 3 heteroatoms. The molecule has 0 amide bonds. The molecular formula is C17H33NO2. The summed E-state index contributed by atoms with van der Waals surface area (Å²) in [6.45, 7) is 14.4. The van der Waals surface area contributed by atoms with E-state index in [9.17, 15) is 9.90 Å². The topological polar surface area (TPSA) is 40.5 Å². The van der Waals surface area contributed by atoms with Gasteiger partial charge in [0, 0.05) is 12.6 Å². The summed E-state index contributed by atoms with van der Waals surface area (Å²) in [5.41, 5.74) is 0.469. The zero-order valence-electron chi connectivity index (χ0n) is 14.4. The average molecular weight is 283 g/mol. The van der Waals surface area contributed by atoms with E-state index in [0.717, 1.165) is 25.8 Å². The third-order valence-corrected chi connectivity index (χ3v) is 4.65. The summed E-state index contributed by atoms with van der Waals surface area (Å²) >= 11 is 0. The van der Waals surface area contributed by atoms with E-state index < -0.39 is 5.97 Å². The molecule has 1 saturated carbocycles. The Morgan fingerprint density at radius 2 is 1.70 bits per heavy atom. The van der Waals surface area contributed by atoms with Crippen molar-refractivity contribution in [1.82, 2.24) is 4.90 Å². The number of hydrogen-bond donors (Lipinski definition) is 1. The number of aliphatic carboxylic acids is 1. The predicted molar refractivity (Wildman–Crippen MR) is 83.8 cm³/mol. The highest BCUT2D eigenvalue weighted by Gasteiger charge is 2.41. The SMILES string of the molecule is CN(CC(C)(C)C)C1CC(C(C)(C)C)CCC1C(=O)O. The van der Waals surface area contributed by atoms with Crippen LogP contribution in [0.2, 0.25) is 0 Å². The van der Waals surface area contributed by atoms with Gasteiger partial charge in [-0.2, -0.15) is 0 Å². The highest BCUT2D eigenvalue weighted by Crippen LogP contribution is 2.41. The monoisotopic (exact) mass is 283 g/mol. The Morgan fingerprint density at radius 1 is 1.15 bits per heavy atom. The van der Waals surface area contributed by atoms with Crippen LogP contribution in [-0.4, -0.2) is 35.6 Å². The fraction of sp³-hybridized carbons (Fsp3) is 0.941. The van der Waals surface area contributed by atoms with Gasteiger partial charge in [-0.15, -0.1) is 0 Å². The highest BCUT2D eigenvalue weighted by atomic mass is 16.4. The van der Waals surface area contributed by atoms with Gasteiger partial charge in [0.2, 0.25) is 0 Å². The summed E-state index contributed by atoms with van der Waals surface area (Å²) in [4.78, 5) is 13.9. The van der Waals surface area contributed by atoms with Gasteiger partial charge in [0.05, 0.1) is 5.92 Å². The van der Waals surface area contributed by atoms with Crippen molar-refractivity contribution in [3.05, 3.63) is 0 Å². The van der Waals surface area contributed by atoms with Crippen LogP contribution in [0.1, 0.15) is 60.8 Å². The Balaban J connectivity index is 2.86. The molecule has 1 rings (SSSR count). The standard InChI is InChI=1S/C17H33NO2/c1-16(2,3)11-18(7)14-10-12(17(4,5)6)8-9-13(14)15(19)20/h12-14H,8-11H2,1-7H3,(H,19,20). The molecule has 0 bridgehead atoms. The van der Waals surface area contributed by atoms with Crippen molar-refractivity contribution < 1.29 is 9.90 Å². The average Bonchev–Trinajstić information content (AvgIpc) is 2.24. The zero-order valence-corrected chi connectivity index (χ0v) is 14.4. The molecule has 0 saturated heterocycles. The van der Waals surface area contributed by atoms with Gasteiger partial charge in [-0.25, -0.2) is 0 Å². The first-order valence-electron chi connectivity index (χ1n) is 7.85. The fourth-order valence-corrected chi connectivity index (χ4v) is 3.57. The number of hydrogen-bond acceptors (Lipinski definition) is 2. The first-order valence-corrected chi connectivity index (χ1v) is 7.85. The normalized spacial score (nSPS) is 28.7. The van der Waals surface area contributed by atoms with Crippen molar-refractivity contribution >= 4 is 5.97 Å². The van der Waals surface area contributed by atoms with E-state index in [0.29, 0.717) is 5.92 Å². The third kappa shape index (κ3) is 4.76. The first kappa shape index (κ1) is 17.5. The van der Waals surface area contributed by atoms with Crippen LogP contribution in [0.25, 0.3) is 0 Å². The minimum absolute atomic E-state index is 0.171. The number of nitrogens with zero attached hydrogens (tertiary/aromatic N) is 1. The van der Waals surface area contributed by atoms with E-state index in [2.05, 4.69) is 53.5 Å². The Hall–Kier alpha value is -0.570. The van der Waals surface area contributed by atoms with Gasteiger partial charge in [0.15, 0.2) is 0 Å². The molecule has 0 aromatic heterocycles. The zero-order chi connectivity index (χ0) is 15.7. The van der Waals surface area contributed by atoms with Gasteiger partial charge < -0.3 is 10.0 Å². The van der Waals surface area contributed by atoms with Gasteiger partial charge >= 0.3 is 5.97 Å².